The number of hydrogen-bond donors (Lipinski definition) is 1. The molecule has 0 radical (unpaired) electrons. The van der Waals surface area contributed by atoms with Crippen LogP contribution in [0.4, 0.5) is 29.3 Å². The maximum Gasteiger partial charge on any atom is 0.418 e. The van der Waals surface area contributed by atoms with Crippen LogP contribution in [0.3, 0.4) is 0 Å². The first-order chi connectivity index (χ1) is 13.7. The largest absolute Gasteiger partial charge is 0.418 e. The van der Waals surface area contributed by atoms with E-state index in [1.807, 2.05) is 7.05 Å². The molecular weight excluding hydrogens is 383 g/mol. The first kappa shape index (κ1) is 20.9. The number of urea groups is 1. The molecule has 2 N–H and O–H groups in total. The van der Waals surface area contributed by atoms with E-state index in [9.17, 15) is 22.8 Å². The molecule has 2 aromatic carbocycles. The van der Waals surface area contributed by atoms with E-state index in [0.717, 1.165) is 36.9 Å². The van der Waals surface area contributed by atoms with Crippen molar-refractivity contribution in [2.45, 2.75) is 19.0 Å². The van der Waals surface area contributed by atoms with Gasteiger partial charge in [-0.3, -0.25) is 9.69 Å². The Morgan fingerprint density at radius 2 is 1.72 bits per heavy atom. The number of para-hydroxylation sites is 1. The van der Waals surface area contributed by atoms with Gasteiger partial charge in [-0.05, 0) is 57.2 Å². The van der Waals surface area contributed by atoms with Crippen LogP contribution in [0.25, 0.3) is 0 Å². The molecule has 1 fully saturated rings. The summed E-state index contributed by atoms with van der Waals surface area (Å²) >= 11 is 0. The van der Waals surface area contributed by atoms with Crippen molar-refractivity contribution in [1.82, 2.24) is 4.90 Å². The molecule has 29 heavy (non-hydrogen) atoms. The van der Waals surface area contributed by atoms with Crippen LogP contribution < -0.4 is 10.6 Å². The number of nitrogens with two attached hydrogens (primary N) is 1. The average molecular weight is 405 g/mol. The van der Waals surface area contributed by atoms with Crippen molar-refractivity contribution >= 4 is 23.2 Å². The Bertz CT molecular complexity index is 906. The lowest BCUT2D eigenvalue weighted by Crippen LogP contribution is -2.34. The number of piperidine rings is 1. The zero-order valence-corrected chi connectivity index (χ0v) is 15.9. The summed E-state index contributed by atoms with van der Waals surface area (Å²) in [6, 6.07) is 9.69. The van der Waals surface area contributed by atoms with Gasteiger partial charge in [0, 0.05) is 11.5 Å². The van der Waals surface area contributed by atoms with E-state index in [4.69, 9.17) is 5.73 Å². The molecule has 0 aliphatic carbocycles. The summed E-state index contributed by atoms with van der Waals surface area (Å²) in [4.78, 5) is 27.9. The highest BCUT2D eigenvalue weighted by atomic mass is 19.4. The number of benzene rings is 2. The van der Waals surface area contributed by atoms with E-state index in [-0.39, 0.29) is 23.1 Å². The van der Waals surface area contributed by atoms with Crippen molar-refractivity contribution in [1.29, 1.82) is 0 Å². The maximum atomic E-state index is 13.4. The first-order valence-electron chi connectivity index (χ1n) is 9.27. The second kappa shape index (κ2) is 8.24. The minimum atomic E-state index is -4.66. The molecule has 8 heteroatoms. The molecule has 0 bridgehead atoms. The van der Waals surface area contributed by atoms with Crippen molar-refractivity contribution in [3.8, 4) is 0 Å². The van der Waals surface area contributed by atoms with Gasteiger partial charge >= 0.3 is 12.2 Å². The van der Waals surface area contributed by atoms with Crippen LogP contribution in [0.15, 0.2) is 48.5 Å². The normalized spacial score (nSPS) is 15.9. The van der Waals surface area contributed by atoms with E-state index < -0.39 is 17.8 Å². The Kier molecular flexibility index (Phi) is 5.93. The van der Waals surface area contributed by atoms with E-state index in [0.29, 0.717) is 5.56 Å². The summed E-state index contributed by atoms with van der Waals surface area (Å²) in [5.74, 6) is -0.223. The minimum Gasteiger partial charge on any atom is -0.351 e. The number of nitrogens with zero attached hydrogens (tertiary/aromatic N) is 2. The number of amides is 2. The Labute approximate surface area is 166 Å². The average Bonchev–Trinajstić information content (AvgIpc) is 2.68. The van der Waals surface area contributed by atoms with E-state index >= 15 is 0 Å². The third-order valence-electron chi connectivity index (χ3n) is 5.15. The Morgan fingerprint density at radius 3 is 2.34 bits per heavy atom. The molecule has 0 atom stereocenters. The molecule has 5 nitrogen and oxygen atoms in total. The lowest BCUT2D eigenvalue weighted by atomic mass is 9.89. The van der Waals surface area contributed by atoms with Gasteiger partial charge in [0.2, 0.25) is 0 Å². The molecule has 3 rings (SSSR count). The van der Waals surface area contributed by atoms with Crippen LogP contribution >= 0.6 is 0 Å². The molecule has 2 amide bonds. The molecule has 154 valence electrons. The summed E-state index contributed by atoms with van der Waals surface area (Å²) in [5, 5.41) is 0. The fourth-order valence-electron chi connectivity index (χ4n) is 3.60. The zero-order valence-electron chi connectivity index (χ0n) is 15.9. The second-order valence-corrected chi connectivity index (χ2v) is 7.18. The summed E-state index contributed by atoms with van der Waals surface area (Å²) in [7, 11) is 1.99. The molecular formula is C21H22F3N3O2. The van der Waals surface area contributed by atoms with Crippen LogP contribution in [0.2, 0.25) is 0 Å². The van der Waals surface area contributed by atoms with Crippen LogP contribution in [0.1, 0.15) is 28.8 Å². The molecule has 1 aliphatic heterocycles. The monoisotopic (exact) mass is 405 g/mol. The predicted molar refractivity (Wildman–Crippen MR) is 104 cm³/mol. The van der Waals surface area contributed by atoms with E-state index in [1.54, 1.807) is 12.1 Å². The molecule has 0 unspecified atom stereocenters. The van der Waals surface area contributed by atoms with Crippen molar-refractivity contribution in [3.05, 3.63) is 59.7 Å². The highest BCUT2D eigenvalue weighted by molar-refractivity contribution is 6.02. The number of likely N-dealkylation sites (tertiary alicyclic amines) is 1. The quantitative estimate of drug-likeness (QED) is 0.765. The number of carbonyl (C=O) groups is 2. The van der Waals surface area contributed by atoms with Gasteiger partial charge in [0.15, 0.2) is 5.78 Å². The van der Waals surface area contributed by atoms with Crippen molar-refractivity contribution in [2.75, 3.05) is 25.0 Å². The van der Waals surface area contributed by atoms with Crippen LogP contribution in [-0.4, -0.2) is 36.9 Å². The van der Waals surface area contributed by atoms with Gasteiger partial charge in [0.1, 0.15) is 0 Å². The fraction of sp³-hybridized carbons (Fsp3) is 0.333. The zero-order chi connectivity index (χ0) is 21.2. The van der Waals surface area contributed by atoms with Crippen molar-refractivity contribution in [3.63, 3.8) is 0 Å². The number of alkyl halides is 3. The van der Waals surface area contributed by atoms with Crippen LogP contribution in [0, 0.1) is 5.92 Å². The SMILES string of the molecule is CN1CCC(C(=O)c2cccc(N(C(N)=O)c3ccccc3C(F)(F)F)c2)CC1. The van der Waals surface area contributed by atoms with Gasteiger partial charge in [-0.2, -0.15) is 13.2 Å². The highest BCUT2D eigenvalue weighted by Gasteiger charge is 2.36. The number of Topliss-reactive ketones (excluding diaryl/α,β-unsaturated/α-hetero) is 1. The predicted octanol–water partition coefficient (Wildman–Crippen LogP) is 4.45. The molecule has 2 aromatic rings. The summed E-state index contributed by atoms with van der Waals surface area (Å²) < 4.78 is 40.3. The fourth-order valence-corrected chi connectivity index (χ4v) is 3.60. The van der Waals surface area contributed by atoms with Crippen molar-refractivity contribution in [2.24, 2.45) is 11.7 Å². The topological polar surface area (TPSA) is 66.6 Å². The third-order valence-corrected chi connectivity index (χ3v) is 5.15. The van der Waals surface area contributed by atoms with Crippen molar-refractivity contribution < 1.29 is 22.8 Å². The molecule has 1 saturated heterocycles. The second-order valence-electron chi connectivity index (χ2n) is 7.18. The lowest BCUT2D eigenvalue weighted by molar-refractivity contribution is -0.137. The Morgan fingerprint density at radius 1 is 1.07 bits per heavy atom. The Hall–Kier alpha value is -2.87. The smallest absolute Gasteiger partial charge is 0.351 e. The molecule has 0 aromatic heterocycles. The number of hydrogen-bond acceptors (Lipinski definition) is 3. The number of halogens is 3. The first-order valence-corrected chi connectivity index (χ1v) is 9.27. The molecule has 0 spiro atoms. The number of carbonyl (C=O) groups excluding carboxylic acids is 2. The van der Waals surface area contributed by atoms with Gasteiger partial charge < -0.3 is 10.6 Å². The Balaban J connectivity index is 1.98. The highest BCUT2D eigenvalue weighted by Crippen LogP contribution is 2.39. The minimum absolute atomic E-state index is 0.0755. The lowest BCUT2D eigenvalue weighted by Gasteiger charge is -2.28. The van der Waals surface area contributed by atoms with Crippen LogP contribution in [0.5, 0.6) is 0 Å². The number of anilines is 2. The van der Waals surface area contributed by atoms with E-state index in [2.05, 4.69) is 4.90 Å². The summed E-state index contributed by atoms with van der Waals surface area (Å²) in [6.07, 6.45) is -3.22. The van der Waals surface area contributed by atoms with Gasteiger partial charge in [-0.15, -0.1) is 0 Å². The van der Waals surface area contributed by atoms with Crippen LogP contribution in [-0.2, 0) is 6.18 Å². The summed E-state index contributed by atoms with van der Waals surface area (Å²) in [6.45, 7) is 1.62. The van der Waals surface area contributed by atoms with Gasteiger partial charge in [-0.25, -0.2) is 4.79 Å². The molecule has 1 aliphatic rings. The standard InChI is InChI=1S/C21H22F3N3O2/c1-26-11-9-14(10-12-26)19(28)15-5-4-6-16(13-15)27(20(25)29)18-8-3-2-7-17(18)21(22,23)24/h2-8,13-14H,9-12H2,1H3,(H2,25,29). The van der Waals surface area contributed by atoms with Gasteiger partial charge in [0.25, 0.3) is 0 Å². The summed E-state index contributed by atoms with van der Waals surface area (Å²) in [5.41, 5.74) is 4.54. The molecule has 0 saturated carbocycles. The van der Waals surface area contributed by atoms with E-state index in [1.165, 1.54) is 30.3 Å². The molecule has 1 heterocycles. The number of ketones is 1. The number of rotatable bonds is 4. The van der Waals surface area contributed by atoms with Gasteiger partial charge in [-0.1, -0.05) is 24.3 Å². The number of primary amides is 1. The maximum absolute atomic E-state index is 13.4. The third kappa shape index (κ3) is 4.59. The van der Waals surface area contributed by atoms with Gasteiger partial charge in [0.05, 0.1) is 16.9 Å².